The van der Waals surface area contributed by atoms with E-state index < -0.39 is 0 Å². The third-order valence-corrected chi connectivity index (χ3v) is 3.40. The van der Waals surface area contributed by atoms with Crippen molar-refractivity contribution in [2.24, 2.45) is 11.7 Å². The average molecular weight is 228 g/mol. The van der Waals surface area contributed by atoms with E-state index in [1.165, 1.54) is 6.42 Å². The molecule has 1 aliphatic carbocycles. The Kier molecular flexibility index (Phi) is 4.08. The fraction of sp³-hybridized carbons (Fsp3) is 0.818. The van der Waals surface area contributed by atoms with Crippen LogP contribution in [-0.4, -0.2) is 16.4 Å². The summed E-state index contributed by atoms with van der Waals surface area (Å²) in [5.74, 6) is -0.283. The average Bonchev–Trinajstić information content (AvgIpc) is 2.10. The quantitative estimate of drug-likeness (QED) is 0.705. The van der Waals surface area contributed by atoms with E-state index >= 15 is 0 Å². The Hall–Kier alpha value is -0.640. The molecule has 0 aromatic heterocycles. The zero-order chi connectivity index (χ0) is 11.5. The summed E-state index contributed by atoms with van der Waals surface area (Å²) < 4.78 is 0. The number of nitrogens with two attached hydrogens (primary N) is 1. The van der Waals surface area contributed by atoms with Gasteiger partial charge in [-0.1, -0.05) is 25.6 Å². The molecule has 1 amide bonds. The van der Waals surface area contributed by atoms with Gasteiger partial charge in [-0.05, 0) is 32.6 Å². The van der Waals surface area contributed by atoms with Crippen LogP contribution in [0, 0.1) is 5.92 Å². The van der Waals surface area contributed by atoms with Gasteiger partial charge >= 0.3 is 0 Å². The van der Waals surface area contributed by atoms with Crippen molar-refractivity contribution < 1.29 is 4.79 Å². The highest BCUT2D eigenvalue weighted by Gasteiger charge is 2.35. The molecule has 1 rings (SSSR count). The van der Waals surface area contributed by atoms with Gasteiger partial charge in [-0.15, -0.1) is 0 Å². The maximum absolute atomic E-state index is 11.9. The molecule has 0 aromatic rings. The lowest BCUT2D eigenvalue weighted by Crippen LogP contribution is -2.54. The summed E-state index contributed by atoms with van der Waals surface area (Å²) in [6.07, 6.45) is 5.00. The largest absolute Gasteiger partial charge is 0.393 e. The van der Waals surface area contributed by atoms with Crippen molar-refractivity contribution in [2.75, 3.05) is 0 Å². The smallest absolute Gasteiger partial charge is 0.230 e. The van der Waals surface area contributed by atoms with Crippen LogP contribution in [0.4, 0.5) is 0 Å². The molecule has 0 spiro atoms. The maximum Gasteiger partial charge on any atom is 0.230 e. The second-order valence-electron chi connectivity index (χ2n) is 4.65. The van der Waals surface area contributed by atoms with Crippen molar-refractivity contribution >= 4 is 23.1 Å². The molecule has 1 unspecified atom stereocenters. The summed E-state index contributed by atoms with van der Waals surface area (Å²) in [6, 6.07) is 0. The molecule has 3 nitrogen and oxygen atoms in total. The highest BCUT2D eigenvalue weighted by molar-refractivity contribution is 7.80. The molecule has 0 aromatic carbocycles. The van der Waals surface area contributed by atoms with Gasteiger partial charge in [0.1, 0.15) is 0 Å². The SMILES string of the molecule is CCCC(C(=O)NC1(C)CCC1)C(N)=S. The summed E-state index contributed by atoms with van der Waals surface area (Å²) in [4.78, 5) is 12.2. The van der Waals surface area contributed by atoms with Gasteiger partial charge in [0.25, 0.3) is 0 Å². The maximum atomic E-state index is 11.9. The zero-order valence-electron chi connectivity index (χ0n) is 9.51. The van der Waals surface area contributed by atoms with Crippen LogP contribution in [0.5, 0.6) is 0 Å². The summed E-state index contributed by atoms with van der Waals surface area (Å²) >= 11 is 4.92. The van der Waals surface area contributed by atoms with Crippen molar-refractivity contribution in [3.05, 3.63) is 0 Å². The molecule has 86 valence electrons. The first kappa shape index (κ1) is 12.4. The van der Waals surface area contributed by atoms with Crippen molar-refractivity contribution in [1.29, 1.82) is 0 Å². The fourth-order valence-corrected chi connectivity index (χ4v) is 2.13. The van der Waals surface area contributed by atoms with E-state index in [9.17, 15) is 4.79 Å². The normalized spacial score (nSPS) is 20.1. The Bertz CT molecular complexity index is 261. The molecular formula is C11H20N2OS. The van der Waals surface area contributed by atoms with Crippen LogP contribution in [0.15, 0.2) is 0 Å². The van der Waals surface area contributed by atoms with Crippen molar-refractivity contribution in [2.45, 2.75) is 51.5 Å². The number of nitrogens with one attached hydrogen (secondary N) is 1. The number of hydrogen-bond donors (Lipinski definition) is 2. The van der Waals surface area contributed by atoms with Crippen LogP contribution >= 0.6 is 12.2 Å². The van der Waals surface area contributed by atoms with Crippen LogP contribution < -0.4 is 11.1 Å². The molecule has 4 heteroatoms. The molecule has 0 heterocycles. The number of thiocarbonyl (C=S) groups is 1. The van der Waals surface area contributed by atoms with Crippen LogP contribution in [0.1, 0.15) is 46.0 Å². The van der Waals surface area contributed by atoms with Gasteiger partial charge in [0.2, 0.25) is 5.91 Å². The van der Waals surface area contributed by atoms with Crippen LogP contribution in [0.3, 0.4) is 0 Å². The standard InChI is InChI=1S/C11H20N2OS/c1-3-5-8(9(12)15)10(14)13-11(2)6-4-7-11/h8H,3-7H2,1-2H3,(H2,12,15)(H,13,14). The van der Waals surface area contributed by atoms with E-state index in [1.54, 1.807) is 0 Å². The minimum atomic E-state index is -0.289. The van der Waals surface area contributed by atoms with Crippen LogP contribution in [0.25, 0.3) is 0 Å². The molecule has 1 aliphatic rings. The third kappa shape index (κ3) is 3.16. The van der Waals surface area contributed by atoms with Gasteiger partial charge in [0.05, 0.1) is 10.9 Å². The predicted molar refractivity (Wildman–Crippen MR) is 65.6 cm³/mol. The molecule has 0 aliphatic heterocycles. The molecule has 15 heavy (non-hydrogen) atoms. The lowest BCUT2D eigenvalue weighted by molar-refractivity contribution is -0.125. The van der Waals surface area contributed by atoms with Crippen LogP contribution in [0.2, 0.25) is 0 Å². The molecule has 1 fully saturated rings. The predicted octanol–water partition coefficient (Wildman–Crippen LogP) is 1.75. The summed E-state index contributed by atoms with van der Waals surface area (Å²) in [5, 5.41) is 3.05. The lowest BCUT2D eigenvalue weighted by atomic mass is 9.78. The van der Waals surface area contributed by atoms with E-state index in [4.69, 9.17) is 18.0 Å². The van der Waals surface area contributed by atoms with E-state index in [1.807, 2.05) is 6.92 Å². The molecule has 0 bridgehead atoms. The van der Waals surface area contributed by atoms with Crippen molar-refractivity contribution in [1.82, 2.24) is 5.32 Å². The Morgan fingerprint density at radius 1 is 1.60 bits per heavy atom. The molecule has 3 N–H and O–H groups in total. The van der Waals surface area contributed by atoms with Crippen molar-refractivity contribution in [3.8, 4) is 0 Å². The molecular weight excluding hydrogens is 208 g/mol. The first-order chi connectivity index (χ1) is 6.98. The fourth-order valence-electron chi connectivity index (χ4n) is 1.91. The van der Waals surface area contributed by atoms with Gasteiger partial charge in [0, 0.05) is 5.54 Å². The Morgan fingerprint density at radius 2 is 2.20 bits per heavy atom. The minimum Gasteiger partial charge on any atom is -0.393 e. The molecule has 1 atom stereocenters. The molecule has 0 saturated heterocycles. The zero-order valence-corrected chi connectivity index (χ0v) is 10.3. The Morgan fingerprint density at radius 3 is 2.53 bits per heavy atom. The highest BCUT2D eigenvalue weighted by Crippen LogP contribution is 2.31. The first-order valence-corrected chi connectivity index (χ1v) is 6.00. The minimum absolute atomic E-state index is 0.00606. The highest BCUT2D eigenvalue weighted by atomic mass is 32.1. The van der Waals surface area contributed by atoms with Gasteiger partial charge in [0.15, 0.2) is 0 Å². The second kappa shape index (κ2) is 4.92. The van der Waals surface area contributed by atoms with E-state index in [0.717, 1.165) is 25.7 Å². The monoisotopic (exact) mass is 228 g/mol. The second-order valence-corrected chi connectivity index (χ2v) is 5.12. The van der Waals surface area contributed by atoms with Gasteiger partial charge in [-0.3, -0.25) is 4.79 Å². The van der Waals surface area contributed by atoms with E-state index in [2.05, 4.69) is 12.2 Å². The Balaban J connectivity index is 2.52. The van der Waals surface area contributed by atoms with E-state index in [-0.39, 0.29) is 17.4 Å². The summed E-state index contributed by atoms with van der Waals surface area (Å²) in [7, 11) is 0. The van der Waals surface area contributed by atoms with Gasteiger partial charge in [-0.25, -0.2) is 0 Å². The lowest BCUT2D eigenvalue weighted by Gasteiger charge is -2.40. The molecule has 0 radical (unpaired) electrons. The number of rotatable bonds is 5. The van der Waals surface area contributed by atoms with Gasteiger partial charge < -0.3 is 11.1 Å². The number of carbonyl (C=O) groups is 1. The Labute approximate surface area is 96.8 Å². The number of carbonyl (C=O) groups excluding carboxylic acids is 1. The third-order valence-electron chi connectivity index (χ3n) is 3.12. The van der Waals surface area contributed by atoms with E-state index in [0.29, 0.717) is 4.99 Å². The number of amides is 1. The molecule has 1 saturated carbocycles. The van der Waals surface area contributed by atoms with Crippen LogP contribution in [-0.2, 0) is 4.79 Å². The van der Waals surface area contributed by atoms with Gasteiger partial charge in [-0.2, -0.15) is 0 Å². The number of hydrogen-bond acceptors (Lipinski definition) is 2. The van der Waals surface area contributed by atoms with Crippen molar-refractivity contribution in [3.63, 3.8) is 0 Å². The summed E-state index contributed by atoms with van der Waals surface area (Å²) in [6.45, 7) is 4.11. The topological polar surface area (TPSA) is 55.1 Å². The summed E-state index contributed by atoms with van der Waals surface area (Å²) in [5.41, 5.74) is 5.57. The first-order valence-electron chi connectivity index (χ1n) is 5.60.